The molecule has 0 aliphatic carbocycles. The van der Waals surface area contributed by atoms with Crippen LogP contribution in [0.4, 0.5) is 0 Å². The third-order valence-corrected chi connectivity index (χ3v) is 0.702. The second-order valence-corrected chi connectivity index (χ2v) is 1.32. The fraction of sp³-hybridized carbons (Fsp3) is 0.667. The molecule has 0 spiro atoms. The molecule has 0 unspecified atom stereocenters. The van der Waals surface area contributed by atoms with E-state index in [1.165, 1.54) is 14.7 Å². The lowest BCUT2D eigenvalue weighted by molar-refractivity contribution is -0.117. The van der Waals surface area contributed by atoms with Crippen LogP contribution in [0.5, 0.6) is 0 Å². The molecule has 1 radical (unpaired) electrons. The molecule has 0 saturated heterocycles. The van der Waals surface area contributed by atoms with Crippen LogP contribution in [-0.2, 0) is 9.45 Å². The molecule has 8 heavy (non-hydrogen) atoms. The van der Waals surface area contributed by atoms with E-state index < -0.39 is 0 Å². The van der Waals surface area contributed by atoms with Crippen LogP contribution < -0.4 is 5.23 Å². The van der Waals surface area contributed by atoms with Crippen LogP contribution in [0.15, 0.2) is 0 Å². The van der Waals surface area contributed by atoms with Crippen LogP contribution in [0, 0.1) is 0 Å². The Kier molecular flexibility index (Phi) is 4.80. The summed E-state index contributed by atoms with van der Waals surface area (Å²) in [6.07, 6.45) is 0. The average Bonchev–Trinajstić information content (AvgIpc) is 1.83. The molecule has 45 valence electrons. The van der Waals surface area contributed by atoms with Gasteiger partial charge in [0.25, 0.3) is 0 Å². The smallest absolute Gasteiger partial charge is 0.422 e. The highest BCUT2D eigenvalue weighted by atomic mass is 35.5. The van der Waals surface area contributed by atoms with E-state index in [0.717, 1.165) is 0 Å². The predicted molar refractivity (Wildman–Crippen MR) is 31.6 cm³/mol. The Morgan fingerprint density at radius 1 is 2.00 bits per heavy atom. The highest BCUT2D eigenvalue weighted by Crippen LogP contribution is 1.70. The van der Waals surface area contributed by atoms with Gasteiger partial charge in [-0.15, -0.1) is 11.6 Å². The van der Waals surface area contributed by atoms with Crippen LogP contribution in [0.25, 0.3) is 0 Å². The highest BCUT2D eigenvalue weighted by Gasteiger charge is 1.95. The van der Waals surface area contributed by atoms with E-state index in [1.54, 1.807) is 0 Å². The van der Waals surface area contributed by atoms with Gasteiger partial charge in [-0.2, -0.15) is 0 Å². The SMILES string of the molecule is CO[B]NC(=O)CCl. The number of carbonyl (C=O) groups excluding carboxylic acids is 1. The lowest BCUT2D eigenvalue weighted by Crippen LogP contribution is -2.29. The van der Waals surface area contributed by atoms with Gasteiger partial charge >= 0.3 is 7.62 Å². The minimum atomic E-state index is -0.270. The van der Waals surface area contributed by atoms with Crippen LogP contribution in [0.2, 0.25) is 0 Å². The van der Waals surface area contributed by atoms with E-state index in [-0.39, 0.29) is 11.8 Å². The van der Waals surface area contributed by atoms with Crippen molar-refractivity contribution in [3.63, 3.8) is 0 Å². The van der Waals surface area contributed by atoms with Crippen molar-refractivity contribution in [1.29, 1.82) is 0 Å². The molecule has 0 aromatic heterocycles. The minimum Gasteiger partial charge on any atom is -0.422 e. The number of amides is 1. The van der Waals surface area contributed by atoms with Gasteiger partial charge in [0.05, 0.1) is 0 Å². The largest absolute Gasteiger partial charge is 0.438 e. The highest BCUT2D eigenvalue weighted by molar-refractivity contribution is 6.35. The quantitative estimate of drug-likeness (QED) is 0.418. The van der Waals surface area contributed by atoms with Crippen molar-refractivity contribution in [1.82, 2.24) is 5.23 Å². The fourth-order valence-electron chi connectivity index (χ4n) is 0.163. The maximum absolute atomic E-state index is 10.2. The Bertz CT molecular complexity index is 79.7. The first-order chi connectivity index (χ1) is 3.81. The van der Waals surface area contributed by atoms with Crippen molar-refractivity contribution in [2.24, 2.45) is 0 Å². The van der Waals surface area contributed by atoms with Crippen molar-refractivity contribution >= 4 is 25.1 Å². The molecule has 0 atom stereocenters. The molecule has 0 rings (SSSR count). The second-order valence-electron chi connectivity index (χ2n) is 1.05. The molecule has 5 heteroatoms. The first kappa shape index (κ1) is 7.78. The predicted octanol–water partition coefficient (Wildman–Crippen LogP) is -0.478. The van der Waals surface area contributed by atoms with Gasteiger partial charge in [0, 0.05) is 7.11 Å². The number of halogens is 1. The Morgan fingerprint density at radius 2 is 2.62 bits per heavy atom. The molecule has 0 saturated carbocycles. The Labute approximate surface area is 53.6 Å². The summed E-state index contributed by atoms with van der Waals surface area (Å²) in [5.41, 5.74) is 0. The summed E-state index contributed by atoms with van der Waals surface area (Å²) in [6, 6.07) is 0. The molecule has 0 heterocycles. The van der Waals surface area contributed by atoms with Gasteiger partial charge in [0.1, 0.15) is 5.88 Å². The first-order valence-corrected chi connectivity index (χ1v) is 2.54. The van der Waals surface area contributed by atoms with Crippen molar-refractivity contribution in [3.05, 3.63) is 0 Å². The third kappa shape index (κ3) is 3.96. The zero-order chi connectivity index (χ0) is 6.41. The maximum atomic E-state index is 10.2. The van der Waals surface area contributed by atoms with Gasteiger partial charge in [0.15, 0.2) is 0 Å². The van der Waals surface area contributed by atoms with Crippen LogP contribution in [0.3, 0.4) is 0 Å². The summed E-state index contributed by atoms with van der Waals surface area (Å²) in [6.45, 7) is 0. The van der Waals surface area contributed by atoms with E-state index in [9.17, 15) is 4.79 Å². The summed E-state index contributed by atoms with van der Waals surface area (Å²) in [4.78, 5) is 10.2. The summed E-state index contributed by atoms with van der Waals surface area (Å²) in [5.74, 6) is -0.312. The molecule has 0 bridgehead atoms. The third-order valence-electron chi connectivity index (χ3n) is 0.459. The van der Waals surface area contributed by atoms with Crippen LogP contribution in [-0.4, -0.2) is 26.5 Å². The van der Waals surface area contributed by atoms with Crippen molar-refractivity contribution in [3.8, 4) is 0 Å². The number of alkyl halides is 1. The monoisotopic (exact) mass is 134 g/mol. The van der Waals surface area contributed by atoms with E-state index in [0.29, 0.717) is 0 Å². The van der Waals surface area contributed by atoms with E-state index >= 15 is 0 Å². The summed E-state index contributed by atoms with van der Waals surface area (Å²) >= 11 is 5.10. The average molecular weight is 134 g/mol. The first-order valence-electron chi connectivity index (χ1n) is 2.01. The number of rotatable bonds is 3. The molecule has 1 amide bonds. The van der Waals surface area contributed by atoms with Crippen molar-refractivity contribution < 1.29 is 9.45 Å². The molecular formula is C3H6BClNO2. The standard InChI is InChI=1S/C3H6BClNO2/c1-8-4-6-3(7)2-5/h2H2,1H3,(H,6,7). The molecule has 0 aliphatic heterocycles. The zero-order valence-electron chi connectivity index (χ0n) is 4.48. The second kappa shape index (κ2) is 4.93. The fourth-order valence-corrected chi connectivity index (χ4v) is 0.240. The Balaban J connectivity index is 2.99. The van der Waals surface area contributed by atoms with Crippen molar-refractivity contribution in [2.45, 2.75) is 0 Å². The van der Waals surface area contributed by atoms with Gasteiger partial charge in [0.2, 0.25) is 5.91 Å². The molecule has 1 N–H and O–H groups in total. The molecule has 0 aromatic carbocycles. The minimum absolute atomic E-state index is 0.0418. The molecule has 3 nitrogen and oxygen atoms in total. The van der Waals surface area contributed by atoms with E-state index in [4.69, 9.17) is 11.6 Å². The zero-order valence-corrected chi connectivity index (χ0v) is 5.23. The molecular weight excluding hydrogens is 128 g/mol. The molecule has 0 fully saturated rings. The van der Waals surface area contributed by atoms with E-state index in [2.05, 4.69) is 9.88 Å². The van der Waals surface area contributed by atoms with Gasteiger partial charge in [-0.3, -0.25) is 4.79 Å². The lowest BCUT2D eigenvalue weighted by Gasteiger charge is -1.94. The molecule has 0 aliphatic rings. The summed E-state index contributed by atoms with van der Waals surface area (Å²) in [7, 11) is 2.61. The topological polar surface area (TPSA) is 38.3 Å². The number of carbonyl (C=O) groups is 1. The maximum Gasteiger partial charge on any atom is 0.438 e. The van der Waals surface area contributed by atoms with E-state index in [1.807, 2.05) is 0 Å². The summed E-state index contributed by atoms with van der Waals surface area (Å²) < 4.78 is 4.40. The Hall–Kier alpha value is -0.215. The number of nitrogens with one attached hydrogen (secondary N) is 1. The normalized spacial score (nSPS) is 8.25. The van der Waals surface area contributed by atoms with Gasteiger partial charge in [-0.25, -0.2) is 0 Å². The van der Waals surface area contributed by atoms with Crippen molar-refractivity contribution in [2.75, 3.05) is 13.0 Å². The van der Waals surface area contributed by atoms with Gasteiger partial charge in [-0.1, -0.05) is 0 Å². The number of hydrogen-bond acceptors (Lipinski definition) is 2. The summed E-state index contributed by atoms with van der Waals surface area (Å²) in [5, 5.41) is 2.26. The van der Waals surface area contributed by atoms with Crippen LogP contribution in [0.1, 0.15) is 0 Å². The molecule has 0 aromatic rings. The Morgan fingerprint density at radius 3 is 3.00 bits per heavy atom. The van der Waals surface area contributed by atoms with Crippen LogP contribution >= 0.6 is 11.6 Å². The van der Waals surface area contributed by atoms with Gasteiger partial charge < -0.3 is 9.88 Å². The number of hydrogen-bond donors (Lipinski definition) is 1. The van der Waals surface area contributed by atoms with Gasteiger partial charge in [-0.05, 0) is 0 Å². The lowest BCUT2D eigenvalue weighted by atomic mass is 10.3.